The van der Waals surface area contributed by atoms with E-state index in [1.54, 1.807) is 0 Å². The fourth-order valence-corrected chi connectivity index (χ4v) is 4.23. The zero-order valence-electron chi connectivity index (χ0n) is 17.2. The molecule has 0 bridgehead atoms. The smallest absolute Gasteiger partial charge is 0.257 e. The van der Waals surface area contributed by atoms with Gasteiger partial charge < -0.3 is 9.80 Å². The fourth-order valence-electron chi connectivity index (χ4n) is 4.23. The van der Waals surface area contributed by atoms with Crippen LogP contribution in [0.2, 0.25) is 0 Å². The summed E-state index contributed by atoms with van der Waals surface area (Å²) in [5.74, 6) is 0.935. The molecule has 4 rings (SSSR count). The molecule has 0 saturated carbocycles. The lowest BCUT2D eigenvalue weighted by molar-refractivity contribution is 0.0793. The minimum atomic E-state index is 0.132. The standard InChI is InChI=1S/C21H30N6O/c1-24(2)20-18(21(28)27-8-4-5-9-27)12-17-6-10-26(11-7-19(17)23-20)15-16-13-22-25(3)14-16/h12-14H,4-11,15H2,1-3H3. The highest BCUT2D eigenvalue weighted by molar-refractivity contribution is 5.99. The molecule has 0 unspecified atom stereocenters. The van der Waals surface area contributed by atoms with Crippen molar-refractivity contribution in [2.45, 2.75) is 32.2 Å². The number of likely N-dealkylation sites (tertiary alicyclic amines) is 1. The van der Waals surface area contributed by atoms with E-state index in [1.807, 2.05) is 41.8 Å². The van der Waals surface area contributed by atoms with Crippen molar-refractivity contribution in [1.29, 1.82) is 0 Å². The van der Waals surface area contributed by atoms with Crippen molar-refractivity contribution in [3.05, 3.63) is 40.8 Å². The summed E-state index contributed by atoms with van der Waals surface area (Å²) in [6, 6.07) is 2.12. The maximum Gasteiger partial charge on any atom is 0.257 e. The number of carbonyl (C=O) groups is 1. The van der Waals surface area contributed by atoms with E-state index in [2.05, 4.69) is 22.3 Å². The van der Waals surface area contributed by atoms with Crippen LogP contribution >= 0.6 is 0 Å². The molecule has 2 aliphatic rings. The van der Waals surface area contributed by atoms with Crippen molar-refractivity contribution in [1.82, 2.24) is 24.6 Å². The van der Waals surface area contributed by atoms with Crippen LogP contribution < -0.4 is 4.90 Å². The van der Waals surface area contributed by atoms with E-state index in [0.717, 1.165) is 75.5 Å². The Morgan fingerprint density at radius 2 is 1.89 bits per heavy atom. The molecule has 1 amide bonds. The van der Waals surface area contributed by atoms with Crippen molar-refractivity contribution < 1.29 is 4.79 Å². The first-order chi connectivity index (χ1) is 13.5. The van der Waals surface area contributed by atoms with Gasteiger partial charge in [0.1, 0.15) is 5.82 Å². The van der Waals surface area contributed by atoms with Crippen LogP contribution in [0.4, 0.5) is 5.82 Å². The maximum atomic E-state index is 13.1. The average molecular weight is 383 g/mol. The van der Waals surface area contributed by atoms with Gasteiger partial charge in [-0.3, -0.25) is 14.4 Å². The van der Waals surface area contributed by atoms with Crippen LogP contribution in [0.1, 0.15) is 40.0 Å². The fraction of sp³-hybridized carbons (Fsp3) is 0.571. The molecular weight excluding hydrogens is 352 g/mol. The maximum absolute atomic E-state index is 13.1. The molecule has 150 valence electrons. The van der Waals surface area contributed by atoms with E-state index in [4.69, 9.17) is 4.98 Å². The molecule has 0 N–H and O–H groups in total. The SMILES string of the molecule is CN(C)c1nc2c(cc1C(=O)N1CCCC1)CCN(Cc1cnn(C)c1)CC2. The summed E-state index contributed by atoms with van der Waals surface area (Å²) in [7, 11) is 5.90. The first-order valence-electron chi connectivity index (χ1n) is 10.2. The molecular formula is C21H30N6O. The monoisotopic (exact) mass is 382 g/mol. The molecule has 7 heteroatoms. The molecule has 4 heterocycles. The summed E-state index contributed by atoms with van der Waals surface area (Å²) in [6.45, 7) is 4.58. The molecule has 0 spiro atoms. The molecule has 2 aliphatic heterocycles. The Kier molecular flexibility index (Phi) is 5.35. The minimum Gasteiger partial charge on any atom is -0.362 e. The van der Waals surface area contributed by atoms with Gasteiger partial charge >= 0.3 is 0 Å². The number of amides is 1. The van der Waals surface area contributed by atoms with Crippen LogP contribution in [0.25, 0.3) is 0 Å². The zero-order chi connectivity index (χ0) is 19.7. The number of anilines is 1. The van der Waals surface area contributed by atoms with Gasteiger partial charge in [0.25, 0.3) is 5.91 Å². The summed E-state index contributed by atoms with van der Waals surface area (Å²) in [6.07, 6.45) is 8.06. The van der Waals surface area contributed by atoms with Gasteiger partial charge in [0, 0.05) is 77.7 Å². The summed E-state index contributed by atoms with van der Waals surface area (Å²) in [5, 5.41) is 4.27. The molecule has 1 saturated heterocycles. The molecule has 0 aliphatic carbocycles. The van der Waals surface area contributed by atoms with Crippen molar-refractivity contribution in [2.75, 3.05) is 45.2 Å². The number of aryl methyl sites for hydroxylation is 1. The Bertz CT molecular complexity index is 853. The van der Waals surface area contributed by atoms with Gasteiger partial charge in [-0.25, -0.2) is 4.98 Å². The summed E-state index contributed by atoms with van der Waals surface area (Å²) in [5.41, 5.74) is 4.35. The zero-order valence-corrected chi connectivity index (χ0v) is 17.2. The van der Waals surface area contributed by atoms with Crippen LogP contribution in [0.3, 0.4) is 0 Å². The Balaban J connectivity index is 1.56. The number of hydrogen-bond donors (Lipinski definition) is 0. The van der Waals surface area contributed by atoms with E-state index in [0.29, 0.717) is 0 Å². The summed E-state index contributed by atoms with van der Waals surface area (Å²) >= 11 is 0. The molecule has 28 heavy (non-hydrogen) atoms. The first-order valence-corrected chi connectivity index (χ1v) is 10.2. The number of rotatable bonds is 4. The van der Waals surface area contributed by atoms with Crippen LogP contribution in [0.5, 0.6) is 0 Å². The van der Waals surface area contributed by atoms with Gasteiger partial charge in [-0.2, -0.15) is 5.10 Å². The van der Waals surface area contributed by atoms with E-state index in [1.165, 1.54) is 11.1 Å². The van der Waals surface area contributed by atoms with Crippen LogP contribution in [-0.4, -0.2) is 70.7 Å². The van der Waals surface area contributed by atoms with E-state index in [9.17, 15) is 4.79 Å². The number of nitrogens with zero attached hydrogens (tertiary/aromatic N) is 6. The van der Waals surface area contributed by atoms with Gasteiger partial charge in [-0.05, 0) is 30.9 Å². The predicted octanol–water partition coefficient (Wildman–Crippen LogP) is 1.72. The summed E-state index contributed by atoms with van der Waals surface area (Å²) in [4.78, 5) is 24.4. The molecule has 2 aromatic heterocycles. The number of pyridine rings is 1. The lowest BCUT2D eigenvalue weighted by Gasteiger charge is -2.22. The topological polar surface area (TPSA) is 57.5 Å². The van der Waals surface area contributed by atoms with Gasteiger partial charge in [0.05, 0.1) is 11.8 Å². The van der Waals surface area contributed by atoms with E-state index >= 15 is 0 Å². The van der Waals surface area contributed by atoms with E-state index in [-0.39, 0.29) is 5.91 Å². The van der Waals surface area contributed by atoms with Gasteiger partial charge in [-0.15, -0.1) is 0 Å². The van der Waals surface area contributed by atoms with Crippen LogP contribution in [0, 0.1) is 0 Å². The van der Waals surface area contributed by atoms with Crippen molar-refractivity contribution in [3.8, 4) is 0 Å². The molecule has 0 atom stereocenters. The average Bonchev–Trinajstić information content (AvgIpc) is 3.30. The molecule has 0 aromatic carbocycles. The van der Waals surface area contributed by atoms with Crippen LogP contribution in [-0.2, 0) is 26.4 Å². The Labute approximate surface area is 166 Å². The van der Waals surface area contributed by atoms with Crippen molar-refractivity contribution >= 4 is 11.7 Å². The van der Waals surface area contributed by atoms with Crippen molar-refractivity contribution in [3.63, 3.8) is 0 Å². The number of aromatic nitrogens is 3. The van der Waals surface area contributed by atoms with Gasteiger partial charge in [0.15, 0.2) is 0 Å². The van der Waals surface area contributed by atoms with Gasteiger partial charge in [0.2, 0.25) is 0 Å². The molecule has 2 aromatic rings. The number of carbonyl (C=O) groups excluding carboxylic acids is 1. The quantitative estimate of drug-likeness (QED) is 0.806. The third-order valence-corrected chi connectivity index (χ3v) is 5.75. The first kappa shape index (κ1) is 18.9. The highest BCUT2D eigenvalue weighted by atomic mass is 16.2. The van der Waals surface area contributed by atoms with Gasteiger partial charge in [-0.1, -0.05) is 0 Å². The largest absolute Gasteiger partial charge is 0.362 e. The Morgan fingerprint density at radius 1 is 1.14 bits per heavy atom. The molecule has 7 nitrogen and oxygen atoms in total. The predicted molar refractivity (Wildman–Crippen MR) is 110 cm³/mol. The number of fused-ring (bicyclic) bond motifs is 1. The van der Waals surface area contributed by atoms with Crippen molar-refractivity contribution in [2.24, 2.45) is 7.05 Å². The van der Waals surface area contributed by atoms with Crippen LogP contribution in [0.15, 0.2) is 18.5 Å². The second kappa shape index (κ2) is 7.91. The van der Waals surface area contributed by atoms with E-state index < -0.39 is 0 Å². The summed E-state index contributed by atoms with van der Waals surface area (Å²) < 4.78 is 1.85. The highest BCUT2D eigenvalue weighted by Gasteiger charge is 2.26. The Morgan fingerprint density at radius 3 is 2.57 bits per heavy atom. The highest BCUT2D eigenvalue weighted by Crippen LogP contribution is 2.26. The lowest BCUT2D eigenvalue weighted by Crippen LogP contribution is -2.30. The second-order valence-corrected chi connectivity index (χ2v) is 8.16. The lowest BCUT2D eigenvalue weighted by atomic mass is 10.0. The molecule has 1 fully saturated rings. The number of hydrogen-bond acceptors (Lipinski definition) is 5. The minimum absolute atomic E-state index is 0.132. The second-order valence-electron chi connectivity index (χ2n) is 8.16. The third-order valence-electron chi connectivity index (χ3n) is 5.75. The normalized spacial score (nSPS) is 17.5. The Hall–Kier alpha value is -2.41. The molecule has 0 radical (unpaired) electrons. The third kappa shape index (κ3) is 3.90.